The van der Waals surface area contributed by atoms with Crippen LogP contribution in [0.2, 0.25) is 0 Å². The summed E-state index contributed by atoms with van der Waals surface area (Å²) < 4.78 is 0. The molecular weight excluding hydrogens is 162 g/mol. The van der Waals surface area contributed by atoms with Crippen LogP contribution in [0.5, 0.6) is 0 Å². The lowest BCUT2D eigenvalue weighted by atomic mass is 9.99. The average molecular weight is 176 g/mol. The van der Waals surface area contributed by atoms with Gasteiger partial charge in [0.05, 0.1) is 0 Å². The van der Waals surface area contributed by atoms with Crippen LogP contribution in [0.3, 0.4) is 0 Å². The Morgan fingerprint density at radius 1 is 1.23 bits per heavy atom. The third-order valence-electron chi connectivity index (χ3n) is 2.42. The monoisotopic (exact) mass is 176 g/mol. The van der Waals surface area contributed by atoms with Crippen molar-refractivity contribution < 1.29 is 0 Å². The molecule has 0 N–H and O–H groups in total. The molecular formula is C10H14N3. The van der Waals surface area contributed by atoms with Crippen LogP contribution < -0.4 is 5.32 Å². The molecule has 0 amide bonds. The normalized spacial score (nSPS) is 22.9. The summed E-state index contributed by atoms with van der Waals surface area (Å²) in [6.07, 6.45) is 10.2. The summed E-state index contributed by atoms with van der Waals surface area (Å²) in [5.74, 6) is 0. The first-order chi connectivity index (χ1) is 6.45. The lowest BCUT2D eigenvalue weighted by Gasteiger charge is -2.21. The number of piperidine rings is 1. The average Bonchev–Trinajstić information content (AvgIpc) is 2.21. The molecule has 0 bridgehead atoms. The van der Waals surface area contributed by atoms with E-state index in [-0.39, 0.29) is 0 Å². The summed E-state index contributed by atoms with van der Waals surface area (Å²) in [4.78, 5) is 7.99. The number of hydrogen-bond acceptors (Lipinski definition) is 2. The zero-order valence-corrected chi connectivity index (χ0v) is 7.69. The largest absolute Gasteiger partial charge is 0.245 e. The van der Waals surface area contributed by atoms with E-state index in [4.69, 9.17) is 0 Å². The second-order valence-corrected chi connectivity index (χ2v) is 3.51. The fraction of sp³-hybridized carbons (Fsp3) is 0.600. The van der Waals surface area contributed by atoms with Crippen LogP contribution in [0, 0.1) is 0 Å². The summed E-state index contributed by atoms with van der Waals surface area (Å²) in [7, 11) is 0. The van der Waals surface area contributed by atoms with Crippen molar-refractivity contribution in [1.29, 1.82) is 0 Å². The van der Waals surface area contributed by atoms with Crippen LogP contribution in [0.15, 0.2) is 18.7 Å². The maximum absolute atomic E-state index is 4.57. The molecule has 1 unspecified atom stereocenters. The van der Waals surface area contributed by atoms with Crippen LogP contribution in [-0.4, -0.2) is 22.6 Å². The number of aromatic nitrogens is 2. The van der Waals surface area contributed by atoms with Crippen LogP contribution in [0.25, 0.3) is 0 Å². The summed E-state index contributed by atoms with van der Waals surface area (Å²) in [5, 5.41) is 4.57. The highest BCUT2D eigenvalue weighted by molar-refractivity contribution is 5.04. The van der Waals surface area contributed by atoms with Crippen molar-refractivity contribution in [3.8, 4) is 0 Å². The van der Waals surface area contributed by atoms with E-state index in [2.05, 4.69) is 15.3 Å². The summed E-state index contributed by atoms with van der Waals surface area (Å²) in [6, 6.07) is 0.514. The lowest BCUT2D eigenvalue weighted by molar-refractivity contribution is 0.390. The number of nitrogens with zero attached hydrogens (tertiary/aromatic N) is 3. The zero-order chi connectivity index (χ0) is 8.93. The highest BCUT2D eigenvalue weighted by atomic mass is 14.9. The number of hydrogen-bond donors (Lipinski definition) is 0. The minimum absolute atomic E-state index is 0.514. The maximum atomic E-state index is 4.57. The molecule has 13 heavy (non-hydrogen) atoms. The molecule has 2 rings (SSSR count). The standard InChI is InChI=1S/C10H14N3/c1-2-4-13-10(3-1)5-9-6-11-8-12-7-9/h6-8,10H,1-5H2. The lowest BCUT2D eigenvalue weighted by Crippen LogP contribution is -2.29. The van der Waals surface area contributed by atoms with Crippen molar-refractivity contribution in [3.63, 3.8) is 0 Å². The van der Waals surface area contributed by atoms with Gasteiger partial charge < -0.3 is 0 Å². The van der Waals surface area contributed by atoms with Gasteiger partial charge in [-0.3, -0.25) is 0 Å². The summed E-state index contributed by atoms with van der Waals surface area (Å²) in [5.41, 5.74) is 1.21. The zero-order valence-electron chi connectivity index (χ0n) is 7.69. The molecule has 0 aliphatic carbocycles. The van der Waals surface area contributed by atoms with Crippen LogP contribution in [0.1, 0.15) is 24.8 Å². The highest BCUT2D eigenvalue weighted by Gasteiger charge is 2.14. The van der Waals surface area contributed by atoms with Gasteiger partial charge in [0.15, 0.2) is 0 Å². The van der Waals surface area contributed by atoms with Gasteiger partial charge in [0.1, 0.15) is 6.33 Å². The molecule has 2 heterocycles. The second-order valence-electron chi connectivity index (χ2n) is 3.51. The van der Waals surface area contributed by atoms with E-state index in [0.29, 0.717) is 6.04 Å². The fourth-order valence-corrected chi connectivity index (χ4v) is 1.73. The Kier molecular flexibility index (Phi) is 2.87. The van der Waals surface area contributed by atoms with Crippen LogP contribution in [0.4, 0.5) is 0 Å². The van der Waals surface area contributed by atoms with Crippen LogP contribution in [-0.2, 0) is 6.42 Å². The first kappa shape index (κ1) is 8.63. The molecule has 0 saturated carbocycles. The fourth-order valence-electron chi connectivity index (χ4n) is 1.73. The molecule has 1 radical (unpaired) electrons. The topological polar surface area (TPSA) is 39.9 Å². The molecule has 1 aromatic rings. The van der Waals surface area contributed by atoms with Gasteiger partial charge in [-0.2, -0.15) is 0 Å². The predicted octanol–water partition coefficient (Wildman–Crippen LogP) is 1.18. The van der Waals surface area contributed by atoms with Gasteiger partial charge in [0.25, 0.3) is 0 Å². The van der Waals surface area contributed by atoms with Gasteiger partial charge in [-0.15, -0.1) is 0 Å². The quantitative estimate of drug-likeness (QED) is 0.678. The minimum Gasteiger partial charge on any atom is -0.245 e. The van der Waals surface area contributed by atoms with Gasteiger partial charge in [0, 0.05) is 25.0 Å². The van der Waals surface area contributed by atoms with Crippen molar-refractivity contribution in [1.82, 2.24) is 15.3 Å². The van der Waals surface area contributed by atoms with Gasteiger partial charge >= 0.3 is 0 Å². The van der Waals surface area contributed by atoms with Crippen molar-refractivity contribution >= 4 is 0 Å². The van der Waals surface area contributed by atoms with E-state index in [1.54, 1.807) is 6.33 Å². The number of rotatable bonds is 2. The molecule has 1 aliphatic rings. The Balaban J connectivity index is 1.90. The van der Waals surface area contributed by atoms with E-state index in [1.165, 1.54) is 24.8 Å². The molecule has 1 aliphatic heterocycles. The van der Waals surface area contributed by atoms with Gasteiger partial charge in [0.2, 0.25) is 0 Å². The van der Waals surface area contributed by atoms with Crippen molar-refractivity contribution in [2.45, 2.75) is 31.7 Å². The van der Waals surface area contributed by atoms with E-state index in [0.717, 1.165) is 13.0 Å². The third-order valence-corrected chi connectivity index (χ3v) is 2.42. The molecule has 0 aromatic carbocycles. The summed E-state index contributed by atoms with van der Waals surface area (Å²) >= 11 is 0. The Morgan fingerprint density at radius 3 is 2.77 bits per heavy atom. The first-order valence-corrected chi connectivity index (χ1v) is 4.85. The molecule has 1 atom stereocenters. The molecule has 1 saturated heterocycles. The van der Waals surface area contributed by atoms with E-state index < -0.39 is 0 Å². The Morgan fingerprint density at radius 2 is 2.08 bits per heavy atom. The van der Waals surface area contributed by atoms with Gasteiger partial charge in [-0.1, -0.05) is 6.42 Å². The van der Waals surface area contributed by atoms with Crippen molar-refractivity contribution in [2.24, 2.45) is 0 Å². The van der Waals surface area contributed by atoms with Gasteiger partial charge in [-0.25, -0.2) is 15.3 Å². The minimum atomic E-state index is 0.514. The van der Waals surface area contributed by atoms with Crippen LogP contribution >= 0.6 is 0 Å². The Labute approximate surface area is 78.6 Å². The first-order valence-electron chi connectivity index (χ1n) is 4.85. The van der Waals surface area contributed by atoms with E-state index in [1.807, 2.05) is 12.4 Å². The molecule has 1 aromatic heterocycles. The Bertz CT molecular complexity index is 242. The van der Waals surface area contributed by atoms with Crippen molar-refractivity contribution in [2.75, 3.05) is 6.54 Å². The molecule has 1 fully saturated rings. The second kappa shape index (κ2) is 4.33. The molecule has 3 heteroatoms. The van der Waals surface area contributed by atoms with Crippen molar-refractivity contribution in [3.05, 3.63) is 24.3 Å². The Hall–Kier alpha value is -0.960. The predicted molar refractivity (Wildman–Crippen MR) is 50.4 cm³/mol. The molecule has 69 valence electrons. The van der Waals surface area contributed by atoms with Gasteiger partial charge in [-0.05, 0) is 24.8 Å². The highest BCUT2D eigenvalue weighted by Crippen LogP contribution is 2.12. The maximum Gasteiger partial charge on any atom is 0.115 e. The summed E-state index contributed by atoms with van der Waals surface area (Å²) in [6.45, 7) is 1.04. The molecule has 3 nitrogen and oxygen atoms in total. The van der Waals surface area contributed by atoms with E-state index in [9.17, 15) is 0 Å². The third kappa shape index (κ3) is 2.49. The molecule has 0 spiro atoms. The SMILES string of the molecule is c1ncc(CC2CCCC[N]2)cn1. The van der Waals surface area contributed by atoms with E-state index >= 15 is 0 Å². The smallest absolute Gasteiger partial charge is 0.115 e.